The number of thioether (sulfide) groups is 1. The Morgan fingerprint density at radius 2 is 1.94 bits per heavy atom. The highest BCUT2D eigenvalue weighted by Gasteiger charge is 2.02. The molecule has 1 rings (SSSR count). The van der Waals surface area contributed by atoms with Gasteiger partial charge in [0.25, 0.3) is 0 Å². The van der Waals surface area contributed by atoms with Crippen molar-refractivity contribution in [2.75, 3.05) is 19.8 Å². The van der Waals surface area contributed by atoms with Crippen LogP contribution in [0, 0.1) is 0 Å². The molecule has 0 unspecified atom stereocenters. The van der Waals surface area contributed by atoms with Crippen molar-refractivity contribution in [3.05, 3.63) is 29.8 Å². The molecule has 0 atom stereocenters. The smallest absolute Gasteiger partial charge is 0.191 e. The lowest BCUT2D eigenvalue weighted by Gasteiger charge is -2.18. The maximum Gasteiger partial charge on any atom is 0.191 e. The van der Waals surface area contributed by atoms with Gasteiger partial charge in [0.15, 0.2) is 5.96 Å². The third kappa shape index (κ3) is 5.63. The number of halogens is 1. The minimum absolute atomic E-state index is 0. The molecular weight excluding hydrogens is 345 g/mol. The number of hydrogen-bond acceptors (Lipinski definition) is 2. The van der Waals surface area contributed by atoms with Crippen LogP contribution in [-0.2, 0) is 6.54 Å². The van der Waals surface area contributed by atoms with Crippen molar-refractivity contribution >= 4 is 41.7 Å². The largest absolute Gasteiger partial charge is 0.370 e. The van der Waals surface area contributed by atoms with Gasteiger partial charge < -0.3 is 10.6 Å². The van der Waals surface area contributed by atoms with Crippen LogP contribution in [0.3, 0.4) is 0 Å². The first-order chi connectivity index (χ1) is 7.67. The molecule has 0 spiro atoms. The molecule has 2 N–H and O–H groups in total. The van der Waals surface area contributed by atoms with Crippen LogP contribution in [0.15, 0.2) is 34.2 Å². The third-order valence-corrected chi connectivity index (χ3v) is 3.03. The van der Waals surface area contributed by atoms with E-state index in [9.17, 15) is 0 Å². The Hall–Kier alpha value is -0.430. The molecule has 1 aromatic carbocycles. The van der Waals surface area contributed by atoms with E-state index in [1.807, 2.05) is 18.9 Å². The molecule has 5 heteroatoms. The Morgan fingerprint density at radius 3 is 2.41 bits per heavy atom. The lowest BCUT2D eigenvalue weighted by atomic mass is 10.2. The zero-order chi connectivity index (χ0) is 12.0. The number of nitrogens with two attached hydrogens (primary N) is 1. The summed E-state index contributed by atoms with van der Waals surface area (Å²) in [5.74, 6) is 0.594. The monoisotopic (exact) mass is 365 g/mol. The SMILES string of the molecule is CCN=C(N)N(C)Cc1ccc(SC)cc1.I. The summed E-state index contributed by atoms with van der Waals surface area (Å²) in [6.07, 6.45) is 2.08. The predicted molar refractivity (Wildman–Crippen MR) is 87.3 cm³/mol. The van der Waals surface area contributed by atoms with Gasteiger partial charge in [-0.3, -0.25) is 4.99 Å². The summed E-state index contributed by atoms with van der Waals surface area (Å²) < 4.78 is 0. The zero-order valence-corrected chi connectivity index (χ0v) is 13.7. The van der Waals surface area contributed by atoms with Crippen molar-refractivity contribution < 1.29 is 0 Å². The molecule has 0 heterocycles. The number of rotatable bonds is 4. The highest BCUT2D eigenvalue weighted by molar-refractivity contribution is 14.0. The van der Waals surface area contributed by atoms with Crippen molar-refractivity contribution in [2.24, 2.45) is 10.7 Å². The standard InChI is InChI=1S/C12H19N3S.HI/c1-4-14-12(13)15(2)9-10-5-7-11(16-3)8-6-10;/h5-8H,4,9H2,1-3H3,(H2,13,14);1H. The fourth-order valence-electron chi connectivity index (χ4n) is 1.37. The lowest BCUT2D eigenvalue weighted by molar-refractivity contribution is 0.492. The first-order valence-electron chi connectivity index (χ1n) is 5.31. The average molecular weight is 365 g/mol. The average Bonchev–Trinajstić information content (AvgIpc) is 2.30. The molecule has 1 aromatic rings. The number of aliphatic imine (C=N–C) groups is 1. The van der Waals surface area contributed by atoms with E-state index in [0.717, 1.165) is 13.1 Å². The molecule has 0 aliphatic rings. The maximum absolute atomic E-state index is 5.80. The first-order valence-corrected chi connectivity index (χ1v) is 6.53. The summed E-state index contributed by atoms with van der Waals surface area (Å²) >= 11 is 1.75. The molecule has 0 amide bonds. The van der Waals surface area contributed by atoms with Gasteiger partial charge >= 0.3 is 0 Å². The molecule has 0 radical (unpaired) electrons. The van der Waals surface area contributed by atoms with Gasteiger partial charge in [0.1, 0.15) is 0 Å². The van der Waals surface area contributed by atoms with E-state index in [1.165, 1.54) is 10.5 Å². The van der Waals surface area contributed by atoms with Crippen LogP contribution in [0.25, 0.3) is 0 Å². The number of benzene rings is 1. The lowest BCUT2D eigenvalue weighted by Crippen LogP contribution is -2.33. The number of guanidine groups is 1. The van der Waals surface area contributed by atoms with E-state index in [-0.39, 0.29) is 24.0 Å². The maximum atomic E-state index is 5.80. The highest BCUT2D eigenvalue weighted by Crippen LogP contribution is 2.15. The minimum atomic E-state index is 0. The Morgan fingerprint density at radius 1 is 1.35 bits per heavy atom. The van der Waals surface area contributed by atoms with Crippen molar-refractivity contribution in [1.82, 2.24) is 4.90 Å². The van der Waals surface area contributed by atoms with Crippen LogP contribution < -0.4 is 5.73 Å². The molecule has 3 nitrogen and oxygen atoms in total. The van der Waals surface area contributed by atoms with Crippen molar-refractivity contribution in [1.29, 1.82) is 0 Å². The van der Waals surface area contributed by atoms with E-state index < -0.39 is 0 Å². The summed E-state index contributed by atoms with van der Waals surface area (Å²) in [4.78, 5) is 7.41. The van der Waals surface area contributed by atoms with E-state index in [2.05, 4.69) is 35.5 Å². The van der Waals surface area contributed by atoms with Crippen LogP contribution in [0.5, 0.6) is 0 Å². The molecular formula is C12H20IN3S. The number of hydrogen-bond donors (Lipinski definition) is 1. The van der Waals surface area contributed by atoms with Crippen molar-refractivity contribution in [3.63, 3.8) is 0 Å². The topological polar surface area (TPSA) is 41.6 Å². The van der Waals surface area contributed by atoms with Gasteiger partial charge in [-0.1, -0.05) is 12.1 Å². The van der Waals surface area contributed by atoms with Gasteiger partial charge in [0, 0.05) is 25.0 Å². The second-order valence-corrected chi connectivity index (χ2v) is 4.42. The van der Waals surface area contributed by atoms with Crippen LogP contribution in [-0.4, -0.2) is 30.7 Å². The zero-order valence-electron chi connectivity index (χ0n) is 10.5. The molecule has 0 fully saturated rings. The van der Waals surface area contributed by atoms with E-state index in [0.29, 0.717) is 5.96 Å². The fourth-order valence-corrected chi connectivity index (χ4v) is 1.78. The van der Waals surface area contributed by atoms with Gasteiger partial charge in [-0.2, -0.15) is 0 Å². The van der Waals surface area contributed by atoms with Gasteiger partial charge in [0.2, 0.25) is 0 Å². The molecule has 0 saturated heterocycles. The summed E-state index contributed by atoms with van der Waals surface area (Å²) in [5.41, 5.74) is 7.05. The Labute approximate surface area is 125 Å². The van der Waals surface area contributed by atoms with Crippen LogP contribution in [0.1, 0.15) is 12.5 Å². The Kier molecular flexibility index (Phi) is 8.41. The van der Waals surface area contributed by atoms with Gasteiger partial charge in [-0.25, -0.2) is 0 Å². The normalized spacial score (nSPS) is 10.9. The molecule has 96 valence electrons. The highest BCUT2D eigenvalue weighted by atomic mass is 127. The van der Waals surface area contributed by atoms with E-state index in [4.69, 9.17) is 5.73 Å². The minimum Gasteiger partial charge on any atom is -0.370 e. The fraction of sp³-hybridized carbons (Fsp3) is 0.417. The first kappa shape index (κ1) is 16.6. The van der Waals surface area contributed by atoms with Gasteiger partial charge in [-0.15, -0.1) is 35.7 Å². The summed E-state index contributed by atoms with van der Waals surface area (Å²) in [5, 5.41) is 0. The Balaban J connectivity index is 0.00000256. The van der Waals surface area contributed by atoms with Crippen LogP contribution >= 0.6 is 35.7 Å². The molecule has 0 aliphatic carbocycles. The van der Waals surface area contributed by atoms with Gasteiger partial charge in [0.05, 0.1) is 0 Å². The quantitative estimate of drug-likeness (QED) is 0.386. The predicted octanol–water partition coefficient (Wildman–Crippen LogP) is 2.79. The molecule has 17 heavy (non-hydrogen) atoms. The number of nitrogens with zero attached hydrogens (tertiary/aromatic N) is 2. The third-order valence-electron chi connectivity index (χ3n) is 2.29. The Bertz CT molecular complexity index is 351. The summed E-state index contributed by atoms with van der Waals surface area (Å²) in [6.45, 7) is 3.50. The van der Waals surface area contributed by atoms with Crippen LogP contribution in [0.4, 0.5) is 0 Å². The second kappa shape index (κ2) is 8.63. The van der Waals surface area contributed by atoms with E-state index in [1.54, 1.807) is 11.8 Å². The van der Waals surface area contributed by atoms with Crippen LogP contribution in [0.2, 0.25) is 0 Å². The van der Waals surface area contributed by atoms with E-state index >= 15 is 0 Å². The summed E-state index contributed by atoms with van der Waals surface area (Å²) in [6, 6.07) is 8.51. The summed E-state index contributed by atoms with van der Waals surface area (Å²) in [7, 11) is 1.96. The van der Waals surface area contributed by atoms with Gasteiger partial charge in [-0.05, 0) is 30.9 Å². The van der Waals surface area contributed by atoms with Crippen molar-refractivity contribution in [2.45, 2.75) is 18.4 Å². The van der Waals surface area contributed by atoms with Crippen molar-refractivity contribution in [3.8, 4) is 0 Å². The molecule has 0 aliphatic heterocycles. The molecule has 0 bridgehead atoms. The second-order valence-electron chi connectivity index (χ2n) is 3.54. The molecule has 0 aromatic heterocycles. The molecule has 0 saturated carbocycles.